The van der Waals surface area contributed by atoms with Gasteiger partial charge in [-0.25, -0.2) is 12.8 Å². The predicted molar refractivity (Wildman–Crippen MR) is 91.2 cm³/mol. The van der Waals surface area contributed by atoms with E-state index in [1.165, 1.54) is 18.2 Å². The summed E-state index contributed by atoms with van der Waals surface area (Å²) >= 11 is 9.40. The molecule has 0 saturated carbocycles. The zero-order valence-electron chi connectivity index (χ0n) is 10.2. The van der Waals surface area contributed by atoms with Gasteiger partial charge in [0.05, 0.1) is 15.8 Å². The number of sulfonamides is 1. The number of anilines is 2. The van der Waals surface area contributed by atoms with Crippen LogP contribution in [0.4, 0.5) is 15.8 Å². The van der Waals surface area contributed by atoms with Crippen LogP contribution in [0.5, 0.6) is 0 Å². The molecule has 0 unspecified atom stereocenters. The minimum Gasteiger partial charge on any atom is -0.398 e. The summed E-state index contributed by atoms with van der Waals surface area (Å²) in [5.41, 5.74) is 6.08. The lowest BCUT2D eigenvalue weighted by Crippen LogP contribution is -2.15. The number of benzene rings is 2. The summed E-state index contributed by atoms with van der Waals surface area (Å²) in [6, 6.07) is 6.86. The van der Waals surface area contributed by atoms with Crippen molar-refractivity contribution in [2.45, 2.75) is 4.90 Å². The molecule has 0 saturated heterocycles. The minimum absolute atomic E-state index is 0.0776. The number of nitrogens with one attached hydrogen (secondary N) is 1. The quantitative estimate of drug-likeness (QED) is 0.607. The Morgan fingerprint density at radius 1 is 1.05 bits per heavy atom. The van der Waals surface area contributed by atoms with E-state index in [1.807, 2.05) is 0 Å². The molecule has 2 rings (SSSR count). The Kier molecular flexibility index (Phi) is 4.96. The molecule has 0 aliphatic heterocycles. The Bertz CT molecular complexity index is 789. The van der Waals surface area contributed by atoms with Gasteiger partial charge >= 0.3 is 0 Å². The monoisotopic (exact) mass is 500 g/mol. The Morgan fingerprint density at radius 3 is 2.29 bits per heavy atom. The number of hydrogen-bond donors (Lipinski definition) is 2. The largest absolute Gasteiger partial charge is 0.398 e. The highest BCUT2D eigenvalue weighted by Gasteiger charge is 2.22. The van der Waals surface area contributed by atoms with E-state index in [2.05, 4.69) is 52.5 Å². The van der Waals surface area contributed by atoms with Crippen molar-refractivity contribution in [1.29, 1.82) is 0 Å². The average Bonchev–Trinajstić information content (AvgIpc) is 2.31. The highest BCUT2D eigenvalue weighted by Crippen LogP contribution is 2.33. The maximum Gasteiger partial charge on any atom is 0.265 e. The summed E-state index contributed by atoms with van der Waals surface area (Å²) in [5, 5.41) is 0. The third-order valence-corrected chi connectivity index (χ3v) is 5.93. The zero-order chi connectivity index (χ0) is 15.8. The van der Waals surface area contributed by atoms with Crippen molar-refractivity contribution in [3.63, 3.8) is 0 Å². The molecule has 2 aromatic carbocycles. The molecule has 112 valence electrons. The smallest absolute Gasteiger partial charge is 0.265 e. The SMILES string of the molecule is Nc1cc(Br)cc(Br)c1S(=O)(=O)Nc1ccc(F)c(Br)c1. The van der Waals surface area contributed by atoms with Crippen molar-refractivity contribution in [2.24, 2.45) is 0 Å². The number of nitrogens with two attached hydrogens (primary N) is 1. The Morgan fingerprint density at radius 2 is 1.71 bits per heavy atom. The molecule has 0 bridgehead atoms. The first kappa shape index (κ1) is 16.7. The third kappa shape index (κ3) is 3.77. The summed E-state index contributed by atoms with van der Waals surface area (Å²) < 4.78 is 41.5. The molecule has 2 aromatic rings. The van der Waals surface area contributed by atoms with Crippen molar-refractivity contribution in [2.75, 3.05) is 10.5 Å². The van der Waals surface area contributed by atoms with Crippen molar-refractivity contribution >= 4 is 69.2 Å². The minimum atomic E-state index is -3.91. The summed E-state index contributed by atoms with van der Waals surface area (Å²) in [5.74, 6) is -0.484. The van der Waals surface area contributed by atoms with E-state index < -0.39 is 15.8 Å². The molecule has 0 spiro atoms. The lowest BCUT2D eigenvalue weighted by molar-refractivity contribution is 0.600. The van der Waals surface area contributed by atoms with Gasteiger partial charge in [0, 0.05) is 8.95 Å². The Hall–Kier alpha value is -0.640. The standard InChI is InChI=1S/C12H8Br3FN2O2S/c13-6-3-9(15)12(11(17)4-6)21(19,20)18-7-1-2-10(16)8(14)5-7/h1-5,18H,17H2. The molecule has 0 heterocycles. The van der Waals surface area contributed by atoms with E-state index in [4.69, 9.17) is 5.73 Å². The van der Waals surface area contributed by atoms with Gasteiger partial charge in [0.15, 0.2) is 0 Å². The fourth-order valence-electron chi connectivity index (χ4n) is 1.63. The number of hydrogen-bond acceptors (Lipinski definition) is 3. The topological polar surface area (TPSA) is 72.2 Å². The first-order valence-electron chi connectivity index (χ1n) is 5.43. The first-order valence-corrected chi connectivity index (χ1v) is 9.29. The van der Waals surface area contributed by atoms with Gasteiger partial charge in [-0.1, -0.05) is 15.9 Å². The second kappa shape index (κ2) is 6.23. The van der Waals surface area contributed by atoms with Gasteiger partial charge < -0.3 is 5.73 Å². The van der Waals surface area contributed by atoms with Crippen molar-refractivity contribution < 1.29 is 12.8 Å². The molecule has 0 aromatic heterocycles. The van der Waals surface area contributed by atoms with E-state index in [-0.39, 0.29) is 20.7 Å². The number of halogens is 4. The van der Waals surface area contributed by atoms with Gasteiger partial charge in [-0.2, -0.15) is 0 Å². The maximum absolute atomic E-state index is 13.2. The van der Waals surface area contributed by atoms with Gasteiger partial charge in [-0.3, -0.25) is 4.72 Å². The van der Waals surface area contributed by atoms with Crippen molar-refractivity contribution in [3.8, 4) is 0 Å². The van der Waals surface area contributed by atoms with Crippen molar-refractivity contribution in [3.05, 3.63) is 49.6 Å². The van der Waals surface area contributed by atoms with Gasteiger partial charge in [-0.15, -0.1) is 0 Å². The highest BCUT2D eigenvalue weighted by atomic mass is 79.9. The molecule has 0 atom stereocenters. The van der Waals surface area contributed by atoms with Crippen LogP contribution >= 0.6 is 47.8 Å². The lowest BCUT2D eigenvalue weighted by Gasteiger charge is -2.12. The van der Waals surface area contributed by atoms with Crippen LogP contribution in [0.25, 0.3) is 0 Å². The molecule has 0 amide bonds. The summed E-state index contributed by atoms with van der Waals surface area (Å²) in [7, 11) is -3.91. The van der Waals surface area contributed by atoms with Gasteiger partial charge in [0.1, 0.15) is 10.7 Å². The molecule has 4 nitrogen and oxygen atoms in total. The number of nitrogen functional groups attached to an aromatic ring is 1. The molecule has 0 fully saturated rings. The normalized spacial score (nSPS) is 11.4. The fourth-order valence-corrected chi connectivity index (χ4v) is 5.13. The second-order valence-electron chi connectivity index (χ2n) is 4.04. The van der Waals surface area contributed by atoms with Crippen LogP contribution in [0, 0.1) is 5.82 Å². The van der Waals surface area contributed by atoms with E-state index in [1.54, 1.807) is 6.07 Å². The van der Waals surface area contributed by atoms with Crippen LogP contribution in [0.1, 0.15) is 0 Å². The van der Waals surface area contributed by atoms with E-state index in [0.717, 1.165) is 6.07 Å². The summed E-state index contributed by atoms with van der Waals surface area (Å²) in [4.78, 5) is -0.0776. The molecule has 0 radical (unpaired) electrons. The van der Waals surface area contributed by atoms with E-state index >= 15 is 0 Å². The molecular formula is C12H8Br3FN2O2S. The number of rotatable bonds is 3. The van der Waals surface area contributed by atoms with Gasteiger partial charge in [-0.05, 0) is 62.2 Å². The molecular weight excluding hydrogens is 495 g/mol. The zero-order valence-corrected chi connectivity index (χ0v) is 15.8. The molecule has 3 N–H and O–H groups in total. The van der Waals surface area contributed by atoms with Gasteiger partial charge in [0.2, 0.25) is 0 Å². The highest BCUT2D eigenvalue weighted by molar-refractivity contribution is 9.11. The second-order valence-corrected chi connectivity index (χ2v) is 8.28. The Labute approximate surface area is 146 Å². The summed E-state index contributed by atoms with van der Waals surface area (Å²) in [6.07, 6.45) is 0. The first-order chi connectivity index (χ1) is 9.70. The van der Waals surface area contributed by atoms with Crippen LogP contribution < -0.4 is 10.5 Å². The van der Waals surface area contributed by atoms with Crippen molar-refractivity contribution in [1.82, 2.24) is 0 Å². The Balaban J connectivity index is 2.46. The fraction of sp³-hybridized carbons (Fsp3) is 0. The van der Waals surface area contributed by atoms with Crippen LogP contribution in [0.15, 0.2) is 48.6 Å². The average molecular weight is 503 g/mol. The van der Waals surface area contributed by atoms with Crippen LogP contribution in [0.2, 0.25) is 0 Å². The van der Waals surface area contributed by atoms with Gasteiger partial charge in [0.25, 0.3) is 10.0 Å². The molecule has 21 heavy (non-hydrogen) atoms. The van der Waals surface area contributed by atoms with E-state index in [0.29, 0.717) is 8.95 Å². The third-order valence-electron chi connectivity index (χ3n) is 2.48. The predicted octanol–water partition coefficient (Wildman–Crippen LogP) is 4.50. The molecule has 0 aliphatic rings. The maximum atomic E-state index is 13.2. The lowest BCUT2D eigenvalue weighted by atomic mass is 10.3. The molecule has 0 aliphatic carbocycles. The van der Waals surface area contributed by atoms with Crippen LogP contribution in [-0.4, -0.2) is 8.42 Å². The van der Waals surface area contributed by atoms with Crippen LogP contribution in [-0.2, 0) is 10.0 Å². The molecule has 9 heteroatoms. The van der Waals surface area contributed by atoms with Crippen LogP contribution in [0.3, 0.4) is 0 Å². The summed E-state index contributed by atoms with van der Waals surface area (Å²) in [6.45, 7) is 0. The van der Waals surface area contributed by atoms with E-state index in [9.17, 15) is 12.8 Å².